The molecule has 0 fully saturated rings. The van der Waals surface area contributed by atoms with E-state index in [1.807, 2.05) is 0 Å². The lowest BCUT2D eigenvalue weighted by molar-refractivity contribution is 0.426. The highest BCUT2D eigenvalue weighted by atomic mass is 16.4. The molecule has 0 saturated carbocycles. The average Bonchev–Trinajstić information content (AvgIpc) is 2.03. The minimum Gasteiger partial charge on any atom is -0.423 e. The van der Waals surface area contributed by atoms with Gasteiger partial charge in [0, 0.05) is 4.11 Å². The Balaban J connectivity index is 3.06. The van der Waals surface area contributed by atoms with Gasteiger partial charge in [0.1, 0.15) is 0 Å². The Bertz CT molecular complexity index is 298. The van der Waals surface area contributed by atoms with E-state index >= 15 is 0 Å². The van der Waals surface area contributed by atoms with Crippen LogP contribution in [0, 0.1) is 6.85 Å². The number of benzene rings is 1. The summed E-state index contributed by atoms with van der Waals surface area (Å²) in [4.78, 5) is 0. The summed E-state index contributed by atoms with van der Waals surface area (Å²) in [5.74, 6) is 0. The summed E-state index contributed by atoms with van der Waals surface area (Å²) in [6.07, 6.45) is 0. The van der Waals surface area contributed by atoms with Crippen molar-refractivity contribution in [2.45, 2.75) is 6.85 Å². The quantitative estimate of drug-likeness (QED) is 0.523. The van der Waals surface area contributed by atoms with Crippen molar-refractivity contribution in [3.8, 4) is 0 Å². The van der Waals surface area contributed by atoms with Crippen LogP contribution in [0.2, 0.25) is 0 Å². The zero-order valence-electron chi connectivity index (χ0n) is 8.28. The zero-order chi connectivity index (χ0) is 10.1. The van der Waals surface area contributed by atoms with Gasteiger partial charge in [0.15, 0.2) is 0 Å². The molecule has 52 valence electrons. The summed E-state index contributed by atoms with van der Waals surface area (Å²) in [5, 5.41) is 17.6. The summed E-state index contributed by atoms with van der Waals surface area (Å²) in [7, 11) is -1.62. The lowest BCUT2D eigenvalue weighted by Gasteiger charge is -1.98. The van der Waals surface area contributed by atoms with E-state index in [4.69, 9.17) is 14.2 Å². The summed E-state index contributed by atoms with van der Waals surface area (Å²) in [6, 6.07) is 5.63. The molecule has 0 unspecified atom stereocenters. The van der Waals surface area contributed by atoms with E-state index in [1.54, 1.807) is 0 Å². The van der Waals surface area contributed by atoms with E-state index in [0.717, 1.165) is 0 Å². The molecule has 0 heterocycles. The van der Waals surface area contributed by atoms with Gasteiger partial charge < -0.3 is 10.0 Å². The summed E-state index contributed by atoms with van der Waals surface area (Å²) < 4.78 is 21.2. The highest BCUT2D eigenvalue weighted by Crippen LogP contribution is 1.92. The highest BCUT2D eigenvalue weighted by Gasteiger charge is 2.08. The zero-order valence-corrected chi connectivity index (χ0v) is 5.28. The van der Waals surface area contributed by atoms with Crippen molar-refractivity contribution >= 4 is 12.6 Å². The van der Waals surface area contributed by atoms with Crippen molar-refractivity contribution in [2.24, 2.45) is 0 Å². The highest BCUT2D eigenvalue weighted by molar-refractivity contribution is 6.58. The van der Waals surface area contributed by atoms with Gasteiger partial charge >= 0.3 is 7.12 Å². The second kappa shape index (κ2) is 2.86. The number of rotatable bonds is 1. The average molecular weight is 139 g/mol. The first-order valence-electron chi connectivity index (χ1n) is 4.38. The normalized spacial score (nSPS) is 15.2. The maximum absolute atomic E-state index is 8.79. The van der Waals surface area contributed by atoms with Gasteiger partial charge in [-0.25, -0.2) is 0 Å². The molecule has 1 aromatic carbocycles. The Kier molecular flexibility index (Phi) is 1.19. The van der Waals surface area contributed by atoms with Crippen LogP contribution < -0.4 is 5.46 Å². The van der Waals surface area contributed by atoms with Crippen molar-refractivity contribution in [1.82, 2.24) is 0 Å². The number of hydrogen-bond acceptors (Lipinski definition) is 2. The van der Waals surface area contributed by atoms with Gasteiger partial charge in [0.2, 0.25) is 0 Å². The van der Waals surface area contributed by atoms with Crippen LogP contribution in [0.3, 0.4) is 0 Å². The minimum absolute atomic E-state index is 0.109. The summed E-state index contributed by atoms with van der Waals surface area (Å²) in [6.45, 7) is -2.20. The summed E-state index contributed by atoms with van der Waals surface area (Å²) in [5.41, 5.74) is 0.298. The second-order valence-electron chi connectivity index (χ2n) is 2.00. The molecule has 0 spiro atoms. The topological polar surface area (TPSA) is 40.5 Å². The smallest absolute Gasteiger partial charge is 0.423 e. The minimum atomic E-state index is -2.20. The molecule has 0 radical (unpaired) electrons. The van der Waals surface area contributed by atoms with Gasteiger partial charge in [-0.1, -0.05) is 29.8 Å². The van der Waals surface area contributed by atoms with E-state index in [9.17, 15) is 0 Å². The molecule has 1 rings (SSSR count). The molecule has 0 aromatic heterocycles. The Morgan fingerprint density at radius 1 is 1.50 bits per heavy atom. The van der Waals surface area contributed by atoms with Crippen LogP contribution in [-0.4, -0.2) is 17.2 Å². The van der Waals surface area contributed by atoms with Crippen molar-refractivity contribution < 1.29 is 14.2 Å². The maximum atomic E-state index is 8.79. The molecule has 0 amide bonds. The van der Waals surface area contributed by atoms with Crippen LogP contribution in [-0.2, 0) is 0 Å². The third kappa shape index (κ3) is 1.59. The molecular weight excluding hydrogens is 127 g/mol. The number of hydrogen-bond donors (Lipinski definition) is 2. The van der Waals surface area contributed by atoms with Gasteiger partial charge in [0.05, 0.1) is 0 Å². The fourth-order valence-corrected chi connectivity index (χ4v) is 0.699. The van der Waals surface area contributed by atoms with Crippen LogP contribution >= 0.6 is 0 Å². The molecule has 3 heteroatoms. The van der Waals surface area contributed by atoms with E-state index in [-0.39, 0.29) is 11.0 Å². The molecule has 0 aliphatic rings. The van der Waals surface area contributed by atoms with E-state index in [0.29, 0.717) is 0 Å². The van der Waals surface area contributed by atoms with Crippen LogP contribution in [0.25, 0.3) is 0 Å². The van der Waals surface area contributed by atoms with Gasteiger partial charge in [-0.05, 0) is 12.3 Å². The number of aryl methyl sites for hydroxylation is 1. The monoisotopic (exact) mass is 139 g/mol. The molecule has 10 heavy (non-hydrogen) atoms. The Hall–Kier alpha value is -0.795. The fourth-order valence-electron chi connectivity index (χ4n) is 0.699. The first-order chi connectivity index (χ1) is 5.91. The van der Waals surface area contributed by atoms with Crippen LogP contribution in [0.1, 0.15) is 9.68 Å². The summed E-state index contributed by atoms with van der Waals surface area (Å²) >= 11 is 0. The van der Waals surface area contributed by atoms with Crippen LogP contribution in [0.5, 0.6) is 0 Å². The molecule has 2 nitrogen and oxygen atoms in total. The van der Waals surface area contributed by atoms with Crippen LogP contribution in [0.15, 0.2) is 24.3 Å². The van der Waals surface area contributed by atoms with E-state index in [2.05, 4.69) is 0 Å². The third-order valence-electron chi connectivity index (χ3n) is 1.18. The molecule has 0 aliphatic carbocycles. The SMILES string of the molecule is [2H]C([2H])([2H])c1cccc(B(O)O)c1. The molecule has 1 aromatic rings. The first kappa shape index (κ1) is 4.16. The third-order valence-corrected chi connectivity index (χ3v) is 1.18. The molecular formula is C7H9BO2. The molecule has 0 bridgehead atoms. The van der Waals surface area contributed by atoms with Gasteiger partial charge in [-0.2, -0.15) is 0 Å². The van der Waals surface area contributed by atoms with Gasteiger partial charge in [0.25, 0.3) is 0 Å². The maximum Gasteiger partial charge on any atom is 0.488 e. The first-order valence-corrected chi connectivity index (χ1v) is 2.88. The van der Waals surface area contributed by atoms with E-state index < -0.39 is 14.0 Å². The lowest BCUT2D eigenvalue weighted by atomic mass is 9.80. The van der Waals surface area contributed by atoms with Crippen LogP contribution in [0.4, 0.5) is 0 Å². The predicted octanol–water partition coefficient (Wildman–Crippen LogP) is -0.325. The molecule has 0 atom stereocenters. The molecule has 0 aliphatic heterocycles. The molecule has 2 N–H and O–H groups in total. The van der Waals surface area contributed by atoms with E-state index in [1.165, 1.54) is 24.3 Å². The van der Waals surface area contributed by atoms with Gasteiger partial charge in [-0.3, -0.25) is 0 Å². The molecule has 0 saturated heterocycles. The predicted molar refractivity (Wildman–Crippen MR) is 41.0 cm³/mol. The van der Waals surface area contributed by atoms with Crippen molar-refractivity contribution in [3.05, 3.63) is 29.8 Å². The van der Waals surface area contributed by atoms with Gasteiger partial charge in [-0.15, -0.1) is 0 Å². The van der Waals surface area contributed by atoms with Crippen molar-refractivity contribution in [3.63, 3.8) is 0 Å². The second-order valence-corrected chi connectivity index (χ2v) is 2.00. The lowest BCUT2D eigenvalue weighted by Crippen LogP contribution is -2.29. The largest absolute Gasteiger partial charge is 0.488 e. The fraction of sp³-hybridized carbons (Fsp3) is 0.143. The van der Waals surface area contributed by atoms with Crippen molar-refractivity contribution in [2.75, 3.05) is 0 Å². The van der Waals surface area contributed by atoms with Crippen molar-refractivity contribution in [1.29, 1.82) is 0 Å². The Morgan fingerprint density at radius 2 is 2.30 bits per heavy atom. The standard InChI is InChI=1S/C7H9BO2/c1-6-3-2-4-7(5-6)8(9)10/h2-5,9-10H,1H3/i1D3. The Morgan fingerprint density at radius 3 is 2.90 bits per heavy atom. The Labute approximate surface area is 64.5 Å².